The van der Waals surface area contributed by atoms with Gasteiger partial charge in [-0.15, -0.1) is 5.10 Å². The average molecular weight is 475 g/mol. The zero-order valence-electron chi connectivity index (χ0n) is 20.4. The molecule has 2 bridgehead atoms. The number of rotatable bonds is 10. The molecule has 0 spiro atoms. The van der Waals surface area contributed by atoms with Crippen LogP contribution in [0.5, 0.6) is 0 Å². The molecule has 176 valence electrons. The molecule has 1 saturated carbocycles. The highest BCUT2D eigenvalue weighted by Crippen LogP contribution is 2.52. The minimum absolute atomic E-state index is 0.0237. The summed E-state index contributed by atoms with van der Waals surface area (Å²) in [5, 5.41) is 8.49. The van der Waals surface area contributed by atoms with Crippen LogP contribution in [0.3, 0.4) is 0 Å². The van der Waals surface area contributed by atoms with E-state index in [-0.39, 0.29) is 42.0 Å². The smallest absolute Gasteiger partial charge is 0.234 e. The third kappa shape index (κ3) is 4.43. The number of hydrogen-bond acceptors (Lipinski definition) is 5. The second kappa shape index (κ2) is 8.64. The number of likely N-dealkylation sites (tertiary alicyclic amines) is 1. The molecular weight excluding hydrogens is 436 g/mol. The Balaban J connectivity index is 1.29. The van der Waals surface area contributed by atoms with Crippen LogP contribution in [-0.4, -0.2) is 48.3 Å². The summed E-state index contributed by atoms with van der Waals surface area (Å²) in [6, 6.07) is 1.08. The number of carbonyl (C=O) groups is 2. The van der Waals surface area contributed by atoms with Crippen molar-refractivity contribution in [1.29, 1.82) is 0 Å². The van der Waals surface area contributed by atoms with Crippen LogP contribution in [0, 0.1) is 23.7 Å². The minimum Gasteiger partial charge on any atom is -0.455 e. The molecule has 2 amide bonds. The van der Waals surface area contributed by atoms with E-state index in [1.807, 2.05) is 10.9 Å². The molecule has 4 rings (SSSR count). The molecule has 7 nitrogen and oxygen atoms in total. The van der Waals surface area contributed by atoms with Crippen molar-refractivity contribution in [1.82, 2.24) is 19.9 Å². The standard InChI is InChI=1S/C23H38N4O3Si2/c1-7-16(2)32(5,6)30-31(3,4)12-8-11-26-14-19(24-25-26)15-27-22(28)20-17-9-10-18(13-17)21(20)23(27)29/h9-10,14,16-18,20-21H,7-8,11-13,15H2,1-6H3. The van der Waals surface area contributed by atoms with Gasteiger partial charge in [-0.05, 0) is 62.5 Å². The molecule has 2 fully saturated rings. The van der Waals surface area contributed by atoms with E-state index in [4.69, 9.17) is 4.12 Å². The highest BCUT2D eigenvalue weighted by atomic mass is 28.4. The summed E-state index contributed by atoms with van der Waals surface area (Å²) < 4.78 is 8.58. The Morgan fingerprint density at radius 3 is 2.34 bits per heavy atom. The van der Waals surface area contributed by atoms with Crippen LogP contribution in [-0.2, 0) is 26.8 Å². The van der Waals surface area contributed by atoms with Crippen molar-refractivity contribution >= 4 is 28.4 Å². The molecule has 2 aliphatic carbocycles. The molecule has 5 unspecified atom stereocenters. The van der Waals surface area contributed by atoms with E-state index in [1.165, 1.54) is 11.3 Å². The van der Waals surface area contributed by atoms with Gasteiger partial charge in [-0.2, -0.15) is 0 Å². The Labute approximate surface area is 193 Å². The molecule has 2 heterocycles. The summed E-state index contributed by atoms with van der Waals surface area (Å²) in [5.41, 5.74) is 1.35. The monoisotopic (exact) mass is 474 g/mol. The molecule has 0 aromatic carbocycles. The highest BCUT2D eigenvalue weighted by molar-refractivity contribution is 6.85. The van der Waals surface area contributed by atoms with Crippen molar-refractivity contribution in [3.05, 3.63) is 24.0 Å². The van der Waals surface area contributed by atoms with Gasteiger partial charge >= 0.3 is 0 Å². The molecule has 0 N–H and O–H groups in total. The topological polar surface area (TPSA) is 77.3 Å². The number of aryl methyl sites for hydroxylation is 1. The van der Waals surface area contributed by atoms with Gasteiger partial charge in [-0.25, -0.2) is 0 Å². The summed E-state index contributed by atoms with van der Waals surface area (Å²) in [5.74, 6) is 0.134. The van der Waals surface area contributed by atoms with Crippen molar-refractivity contribution in [2.45, 2.75) is 84.0 Å². The van der Waals surface area contributed by atoms with Crippen LogP contribution in [0.4, 0.5) is 0 Å². The number of fused-ring (bicyclic) bond motifs is 5. The first-order valence-corrected chi connectivity index (χ1v) is 18.2. The summed E-state index contributed by atoms with van der Waals surface area (Å²) in [6.07, 6.45) is 9.25. The predicted octanol–water partition coefficient (Wildman–Crippen LogP) is 4.20. The lowest BCUT2D eigenvalue weighted by atomic mass is 9.85. The molecular formula is C23H38N4O3Si2. The first kappa shape index (κ1) is 23.6. The second-order valence-corrected chi connectivity index (χ2v) is 20.1. The van der Waals surface area contributed by atoms with Crippen molar-refractivity contribution < 1.29 is 13.7 Å². The van der Waals surface area contributed by atoms with Crippen molar-refractivity contribution in [3.8, 4) is 0 Å². The van der Waals surface area contributed by atoms with E-state index in [1.54, 1.807) is 0 Å². The quantitative estimate of drug-likeness (QED) is 0.288. The average Bonchev–Trinajstić information content (AvgIpc) is 3.48. The van der Waals surface area contributed by atoms with Crippen LogP contribution in [0.2, 0.25) is 37.8 Å². The zero-order chi connectivity index (χ0) is 23.3. The van der Waals surface area contributed by atoms with Crippen LogP contribution in [0.25, 0.3) is 0 Å². The zero-order valence-corrected chi connectivity index (χ0v) is 22.4. The molecule has 0 radical (unpaired) electrons. The van der Waals surface area contributed by atoms with Gasteiger partial charge in [-0.3, -0.25) is 19.2 Å². The van der Waals surface area contributed by atoms with Crippen LogP contribution in [0.15, 0.2) is 18.3 Å². The van der Waals surface area contributed by atoms with E-state index >= 15 is 0 Å². The van der Waals surface area contributed by atoms with E-state index in [2.05, 4.69) is 62.5 Å². The molecule has 1 aromatic heterocycles. The normalized spacial score (nSPS) is 28.1. The Bertz CT molecular complexity index is 883. The molecule has 3 aliphatic rings. The largest absolute Gasteiger partial charge is 0.455 e. The van der Waals surface area contributed by atoms with E-state index in [0.717, 1.165) is 25.4 Å². The lowest BCUT2D eigenvalue weighted by molar-refractivity contribution is -0.141. The number of allylic oxidation sites excluding steroid dienone is 2. The van der Waals surface area contributed by atoms with E-state index < -0.39 is 16.6 Å². The number of hydrogen-bond donors (Lipinski definition) is 0. The number of imide groups is 1. The highest BCUT2D eigenvalue weighted by Gasteiger charge is 2.59. The van der Waals surface area contributed by atoms with Crippen molar-refractivity contribution in [3.63, 3.8) is 0 Å². The summed E-state index contributed by atoms with van der Waals surface area (Å²) in [7, 11) is -3.40. The number of nitrogens with zero attached hydrogens (tertiary/aromatic N) is 4. The SMILES string of the molecule is CCC(C)[Si](C)(C)O[Si](C)(C)CCCn1cc(CN2C(=O)C3C4C=CC(C4)C3C2=O)nn1. The Morgan fingerprint density at radius 2 is 1.75 bits per heavy atom. The van der Waals surface area contributed by atoms with Crippen LogP contribution >= 0.6 is 0 Å². The van der Waals surface area contributed by atoms with Crippen molar-refractivity contribution in [2.75, 3.05) is 0 Å². The Morgan fingerprint density at radius 1 is 1.12 bits per heavy atom. The third-order valence-electron chi connectivity index (χ3n) is 7.97. The lowest BCUT2D eigenvalue weighted by Gasteiger charge is -2.37. The third-order valence-corrected chi connectivity index (χ3v) is 16.6. The summed E-state index contributed by atoms with van der Waals surface area (Å²) in [6.45, 7) is 14.9. The maximum atomic E-state index is 12.9. The number of aromatic nitrogens is 3. The van der Waals surface area contributed by atoms with Gasteiger partial charge in [0, 0.05) is 6.54 Å². The molecule has 5 atom stereocenters. The summed E-state index contributed by atoms with van der Waals surface area (Å²) >= 11 is 0. The first-order valence-electron chi connectivity index (χ1n) is 12.1. The second-order valence-electron chi connectivity index (χ2n) is 11.1. The van der Waals surface area contributed by atoms with Crippen molar-refractivity contribution in [2.24, 2.45) is 23.7 Å². The first-order chi connectivity index (χ1) is 15.0. The predicted molar refractivity (Wildman–Crippen MR) is 128 cm³/mol. The Kier molecular flexibility index (Phi) is 6.37. The molecule has 1 aromatic rings. The molecule has 1 aliphatic heterocycles. The number of carbonyl (C=O) groups excluding carboxylic acids is 2. The maximum absolute atomic E-state index is 12.9. The van der Waals surface area contributed by atoms with E-state index in [0.29, 0.717) is 11.2 Å². The van der Waals surface area contributed by atoms with Gasteiger partial charge < -0.3 is 4.12 Å². The maximum Gasteiger partial charge on any atom is 0.234 e. The van der Waals surface area contributed by atoms with Gasteiger partial charge in [0.05, 0.1) is 24.6 Å². The Hall–Kier alpha value is -1.59. The van der Waals surface area contributed by atoms with Gasteiger partial charge in [0.15, 0.2) is 16.6 Å². The van der Waals surface area contributed by atoms with Gasteiger partial charge in [0.1, 0.15) is 5.69 Å². The molecule has 9 heteroatoms. The van der Waals surface area contributed by atoms with Gasteiger partial charge in [0.2, 0.25) is 11.8 Å². The molecule has 32 heavy (non-hydrogen) atoms. The lowest BCUT2D eigenvalue weighted by Crippen LogP contribution is -2.46. The van der Waals surface area contributed by atoms with Crippen LogP contribution < -0.4 is 0 Å². The summed E-state index contributed by atoms with van der Waals surface area (Å²) in [4.78, 5) is 27.2. The fourth-order valence-electron chi connectivity index (χ4n) is 5.82. The number of amides is 2. The minimum atomic E-state index is -1.74. The van der Waals surface area contributed by atoms with Gasteiger partial charge in [-0.1, -0.05) is 37.6 Å². The van der Waals surface area contributed by atoms with Gasteiger partial charge in [0.25, 0.3) is 0 Å². The van der Waals surface area contributed by atoms with Crippen LogP contribution in [0.1, 0.15) is 38.8 Å². The van der Waals surface area contributed by atoms with E-state index in [9.17, 15) is 9.59 Å². The fraction of sp³-hybridized carbons (Fsp3) is 0.739. The molecule has 1 saturated heterocycles. The fourth-order valence-corrected chi connectivity index (χ4v) is 14.7.